The van der Waals surface area contributed by atoms with Crippen molar-refractivity contribution in [3.63, 3.8) is 0 Å². The van der Waals surface area contributed by atoms with E-state index in [0.717, 1.165) is 11.3 Å². The number of carbonyl (C=O) groups is 1. The summed E-state index contributed by atoms with van der Waals surface area (Å²) in [4.78, 5) is 12.3. The zero-order chi connectivity index (χ0) is 18.6. The Morgan fingerprint density at radius 3 is 2.48 bits per heavy atom. The minimum Gasteiger partial charge on any atom is -0.495 e. The van der Waals surface area contributed by atoms with E-state index < -0.39 is 0 Å². The number of amides is 1. The number of rotatable bonds is 5. The number of anilines is 2. The molecule has 2 N–H and O–H groups in total. The van der Waals surface area contributed by atoms with Crippen LogP contribution in [-0.2, 0) is 10.2 Å². The van der Waals surface area contributed by atoms with Crippen LogP contribution < -0.4 is 15.4 Å². The molecule has 0 spiro atoms. The number of hydrogen-bond donors (Lipinski definition) is 2. The highest BCUT2D eigenvalue weighted by Crippen LogP contribution is 2.31. The van der Waals surface area contributed by atoms with Gasteiger partial charge in [-0.2, -0.15) is 0 Å². The lowest BCUT2D eigenvalue weighted by Crippen LogP contribution is -2.24. The maximum Gasteiger partial charge on any atom is 0.243 e. The van der Waals surface area contributed by atoms with Gasteiger partial charge < -0.3 is 15.4 Å². The van der Waals surface area contributed by atoms with E-state index in [1.165, 1.54) is 5.56 Å². The first kappa shape index (κ1) is 19.1. The highest BCUT2D eigenvalue weighted by Gasteiger charge is 2.18. The van der Waals surface area contributed by atoms with Crippen LogP contribution in [0.4, 0.5) is 11.4 Å². The van der Waals surface area contributed by atoms with Crippen LogP contribution in [0.1, 0.15) is 31.9 Å². The fourth-order valence-electron chi connectivity index (χ4n) is 2.59. The number of para-hydroxylation sites is 1. The van der Waals surface area contributed by atoms with Gasteiger partial charge in [-0.3, -0.25) is 4.79 Å². The van der Waals surface area contributed by atoms with Gasteiger partial charge in [-0.1, -0.05) is 50.6 Å². The number of benzene rings is 2. The van der Waals surface area contributed by atoms with Gasteiger partial charge in [-0.25, -0.2) is 0 Å². The summed E-state index contributed by atoms with van der Waals surface area (Å²) < 4.78 is 5.29. The number of methoxy groups -OCH3 is 1. The fourth-order valence-corrected chi connectivity index (χ4v) is 2.74. The van der Waals surface area contributed by atoms with Crippen molar-refractivity contribution in [3.8, 4) is 5.75 Å². The molecule has 0 unspecified atom stereocenters. The third-order valence-corrected chi connectivity index (χ3v) is 4.34. The molecule has 134 valence electrons. The molecular weight excluding hydrogens is 336 g/mol. The summed E-state index contributed by atoms with van der Waals surface area (Å²) in [5.41, 5.74) is 3.62. The molecule has 0 heterocycles. The van der Waals surface area contributed by atoms with Gasteiger partial charge in [-0.05, 0) is 35.6 Å². The summed E-state index contributed by atoms with van der Waals surface area (Å²) in [5, 5.41) is 6.70. The zero-order valence-electron chi connectivity index (χ0n) is 15.4. The Kier molecular flexibility index (Phi) is 5.96. The predicted octanol–water partition coefficient (Wildman–Crippen LogP) is 5.01. The summed E-state index contributed by atoms with van der Waals surface area (Å²) in [7, 11) is 1.55. The van der Waals surface area contributed by atoms with Gasteiger partial charge in [-0.15, -0.1) is 0 Å². The van der Waals surface area contributed by atoms with E-state index in [9.17, 15) is 4.79 Å². The van der Waals surface area contributed by atoms with Crippen molar-refractivity contribution in [2.45, 2.75) is 33.1 Å². The fraction of sp³-hybridized carbons (Fsp3) is 0.350. The largest absolute Gasteiger partial charge is 0.495 e. The topological polar surface area (TPSA) is 50.4 Å². The van der Waals surface area contributed by atoms with E-state index in [4.69, 9.17) is 16.3 Å². The summed E-state index contributed by atoms with van der Waals surface area (Å²) in [6, 6.07) is 11.5. The van der Waals surface area contributed by atoms with E-state index in [1.54, 1.807) is 13.2 Å². The molecule has 0 aliphatic rings. The first-order chi connectivity index (χ1) is 11.7. The second-order valence-electron chi connectivity index (χ2n) is 7.00. The Labute approximate surface area is 154 Å². The Hall–Kier alpha value is -2.20. The number of aryl methyl sites for hydroxylation is 1. The molecule has 0 aliphatic carbocycles. The van der Waals surface area contributed by atoms with E-state index in [1.807, 2.05) is 31.2 Å². The molecule has 4 nitrogen and oxygen atoms in total. The van der Waals surface area contributed by atoms with Crippen molar-refractivity contribution in [3.05, 3.63) is 52.5 Å². The zero-order valence-corrected chi connectivity index (χ0v) is 16.1. The van der Waals surface area contributed by atoms with E-state index in [0.29, 0.717) is 16.5 Å². The van der Waals surface area contributed by atoms with E-state index in [-0.39, 0.29) is 17.9 Å². The number of ether oxygens (including phenoxy) is 1. The average Bonchev–Trinajstić information content (AvgIpc) is 2.55. The van der Waals surface area contributed by atoms with Crippen LogP contribution in [0, 0.1) is 6.92 Å². The highest BCUT2D eigenvalue weighted by atomic mass is 35.5. The van der Waals surface area contributed by atoms with Crippen molar-refractivity contribution in [2.24, 2.45) is 0 Å². The number of halogens is 1. The quantitative estimate of drug-likeness (QED) is 0.788. The molecule has 2 aromatic rings. The predicted molar refractivity (Wildman–Crippen MR) is 105 cm³/mol. The first-order valence-corrected chi connectivity index (χ1v) is 8.57. The van der Waals surface area contributed by atoms with Crippen LogP contribution in [0.2, 0.25) is 5.02 Å². The molecule has 5 heteroatoms. The van der Waals surface area contributed by atoms with Gasteiger partial charge >= 0.3 is 0 Å². The lowest BCUT2D eigenvalue weighted by molar-refractivity contribution is -0.114. The smallest absolute Gasteiger partial charge is 0.243 e. The lowest BCUT2D eigenvalue weighted by Gasteiger charge is -2.23. The van der Waals surface area contributed by atoms with Gasteiger partial charge in [0.15, 0.2) is 0 Å². The standard InChI is InChI=1S/C20H25ClN2O2/c1-13-10-17(18(25-5)11-15(13)21)23-19(24)12-22-16-9-7-6-8-14(16)20(2,3)4/h6-11,22H,12H2,1-5H3,(H,23,24). The minimum absolute atomic E-state index is 0.00339. The number of carbonyl (C=O) groups excluding carboxylic acids is 1. The monoisotopic (exact) mass is 360 g/mol. The molecule has 0 radical (unpaired) electrons. The number of nitrogens with one attached hydrogen (secondary N) is 2. The van der Waals surface area contributed by atoms with Crippen molar-refractivity contribution in [1.82, 2.24) is 0 Å². The van der Waals surface area contributed by atoms with Crippen LogP contribution >= 0.6 is 11.6 Å². The van der Waals surface area contributed by atoms with Crippen molar-refractivity contribution in [1.29, 1.82) is 0 Å². The third kappa shape index (κ3) is 4.89. The second-order valence-corrected chi connectivity index (χ2v) is 7.41. The Bertz CT molecular complexity index is 767. The van der Waals surface area contributed by atoms with Crippen LogP contribution in [-0.4, -0.2) is 19.6 Å². The summed E-state index contributed by atoms with van der Waals surface area (Å²) in [6.07, 6.45) is 0. The van der Waals surface area contributed by atoms with Gasteiger partial charge in [0, 0.05) is 16.8 Å². The summed E-state index contributed by atoms with van der Waals surface area (Å²) >= 11 is 6.10. The van der Waals surface area contributed by atoms with Crippen LogP contribution in [0.3, 0.4) is 0 Å². The molecule has 0 saturated heterocycles. The first-order valence-electron chi connectivity index (χ1n) is 8.19. The summed E-state index contributed by atoms with van der Waals surface area (Å²) in [5.74, 6) is 0.391. The summed E-state index contributed by atoms with van der Waals surface area (Å²) in [6.45, 7) is 8.49. The molecule has 2 rings (SSSR count). The third-order valence-electron chi connectivity index (χ3n) is 3.93. The lowest BCUT2D eigenvalue weighted by atomic mass is 9.86. The van der Waals surface area contributed by atoms with Crippen molar-refractivity contribution < 1.29 is 9.53 Å². The molecule has 0 saturated carbocycles. The maximum absolute atomic E-state index is 12.3. The molecular formula is C20H25ClN2O2. The van der Waals surface area contributed by atoms with Gasteiger partial charge in [0.1, 0.15) is 5.75 Å². The SMILES string of the molecule is COc1cc(Cl)c(C)cc1NC(=O)CNc1ccccc1C(C)(C)C. The molecule has 25 heavy (non-hydrogen) atoms. The van der Waals surface area contributed by atoms with Crippen molar-refractivity contribution in [2.75, 3.05) is 24.3 Å². The Morgan fingerprint density at radius 1 is 1.16 bits per heavy atom. The maximum atomic E-state index is 12.3. The van der Waals surface area contributed by atoms with E-state index >= 15 is 0 Å². The average molecular weight is 361 g/mol. The molecule has 1 amide bonds. The minimum atomic E-state index is -0.149. The molecule has 0 bridgehead atoms. The van der Waals surface area contributed by atoms with Gasteiger partial charge in [0.2, 0.25) is 5.91 Å². The van der Waals surface area contributed by atoms with E-state index in [2.05, 4.69) is 37.5 Å². The van der Waals surface area contributed by atoms with Crippen LogP contribution in [0.5, 0.6) is 5.75 Å². The molecule has 0 fully saturated rings. The normalized spacial score (nSPS) is 11.1. The molecule has 2 aromatic carbocycles. The Balaban J connectivity index is 2.09. The van der Waals surface area contributed by atoms with Crippen molar-refractivity contribution >= 4 is 28.9 Å². The second kappa shape index (κ2) is 7.79. The molecule has 0 atom stereocenters. The molecule has 0 aliphatic heterocycles. The molecule has 0 aromatic heterocycles. The highest BCUT2D eigenvalue weighted by molar-refractivity contribution is 6.31. The van der Waals surface area contributed by atoms with Gasteiger partial charge in [0.05, 0.1) is 19.3 Å². The van der Waals surface area contributed by atoms with Crippen LogP contribution in [0.25, 0.3) is 0 Å². The Morgan fingerprint density at radius 2 is 1.84 bits per heavy atom. The van der Waals surface area contributed by atoms with Gasteiger partial charge in [0.25, 0.3) is 0 Å². The van der Waals surface area contributed by atoms with Crippen LogP contribution in [0.15, 0.2) is 36.4 Å². The number of hydrogen-bond acceptors (Lipinski definition) is 3.